The minimum atomic E-state index is 0.503. The lowest BCUT2D eigenvalue weighted by atomic mass is 10.3. The molecule has 0 aliphatic heterocycles. The summed E-state index contributed by atoms with van der Waals surface area (Å²) in [6, 6.07) is 7.44. The Hall–Kier alpha value is -2.61. The van der Waals surface area contributed by atoms with Gasteiger partial charge in [-0.1, -0.05) is 6.07 Å². The lowest BCUT2D eigenvalue weighted by Crippen LogP contribution is -2.09. The number of nitrogen functional groups attached to an aromatic ring is 1. The number of imidazole rings is 1. The summed E-state index contributed by atoms with van der Waals surface area (Å²) < 4.78 is 0.806. The molecular formula is C15H16BrN7. The molecule has 2 heterocycles. The second kappa shape index (κ2) is 7.10. The zero-order chi connectivity index (χ0) is 16.1. The summed E-state index contributed by atoms with van der Waals surface area (Å²) in [7, 11) is 0. The number of rotatable bonds is 6. The average Bonchev–Trinajstić information content (AvgIpc) is 3.04. The summed E-state index contributed by atoms with van der Waals surface area (Å²) in [6.07, 6.45) is 6.02. The molecule has 0 saturated carbocycles. The van der Waals surface area contributed by atoms with Gasteiger partial charge < -0.3 is 21.4 Å². The molecule has 3 aromatic rings. The first-order valence-electron chi connectivity index (χ1n) is 7.07. The fourth-order valence-electron chi connectivity index (χ4n) is 2.03. The fourth-order valence-corrected chi connectivity index (χ4v) is 2.37. The smallest absolute Gasteiger partial charge is 0.229 e. The van der Waals surface area contributed by atoms with Gasteiger partial charge in [-0.2, -0.15) is 4.98 Å². The summed E-state index contributed by atoms with van der Waals surface area (Å²) in [6.45, 7) is 0.732. The number of halogens is 1. The molecule has 0 aliphatic carbocycles. The van der Waals surface area contributed by atoms with Crippen molar-refractivity contribution in [3.63, 3.8) is 0 Å². The van der Waals surface area contributed by atoms with Gasteiger partial charge in [0, 0.05) is 42.4 Å². The van der Waals surface area contributed by atoms with Crippen LogP contribution in [0, 0.1) is 0 Å². The van der Waals surface area contributed by atoms with Crippen LogP contribution in [0.25, 0.3) is 0 Å². The van der Waals surface area contributed by atoms with E-state index in [1.807, 2.05) is 30.5 Å². The second-order valence-electron chi connectivity index (χ2n) is 4.89. The van der Waals surface area contributed by atoms with Crippen LogP contribution in [0.5, 0.6) is 0 Å². The van der Waals surface area contributed by atoms with E-state index < -0.39 is 0 Å². The van der Waals surface area contributed by atoms with E-state index in [0.717, 1.165) is 34.6 Å². The number of aromatic amines is 1. The van der Waals surface area contributed by atoms with E-state index in [1.54, 1.807) is 12.5 Å². The van der Waals surface area contributed by atoms with Crippen molar-refractivity contribution < 1.29 is 0 Å². The normalized spacial score (nSPS) is 10.5. The molecule has 1 aromatic carbocycles. The molecule has 2 aromatic heterocycles. The largest absolute Gasteiger partial charge is 0.399 e. The predicted octanol–water partition coefficient (Wildman–Crippen LogP) is 2.94. The van der Waals surface area contributed by atoms with Crippen LogP contribution in [-0.2, 0) is 6.42 Å². The van der Waals surface area contributed by atoms with Crippen molar-refractivity contribution >= 4 is 39.1 Å². The number of hydrogen-bond donors (Lipinski definition) is 4. The van der Waals surface area contributed by atoms with Crippen LogP contribution in [0.15, 0.2) is 47.5 Å². The Morgan fingerprint density at radius 2 is 2.17 bits per heavy atom. The zero-order valence-corrected chi connectivity index (χ0v) is 13.8. The van der Waals surface area contributed by atoms with Gasteiger partial charge in [0.25, 0.3) is 0 Å². The third-order valence-corrected chi connectivity index (χ3v) is 3.71. The summed E-state index contributed by atoms with van der Waals surface area (Å²) in [5.74, 6) is 1.23. The first-order chi connectivity index (χ1) is 11.2. The van der Waals surface area contributed by atoms with E-state index in [-0.39, 0.29) is 0 Å². The van der Waals surface area contributed by atoms with Crippen LogP contribution < -0.4 is 16.4 Å². The van der Waals surface area contributed by atoms with Crippen LogP contribution in [0.1, 0.15) is 5.69 Å². The molecule has 0 amide bonds. The van der Waals surface area contributed by atoms with Gasteiger partial charge in [-0.3, -0.25) is 0 Å². The molecule has 0 fully saturated rings. The van der Waals surface area contributed by atoms with Crippen molar-refractivity contribution in [1.29, 1.82) is 0 Å². The lowest BCUT2D eigenvalue weighted by Gasteiger charge is -2.10. The van der Waals surface area contributed by atoms with Crippen LogP contribution in [0.4, 0.5) is 23.1 Å². The molecule has 0 spiro atoms. The summed E-state index contributed by atoms with van der Waals surface area (Å²) in [5, 5.41) is 6.42. The van der Waals surface area contributed by atoms with E-state index in [0.29, 0.717) is 11.6 Å². The average molecular weight is 374 g/mol. The maximum Gasteiger partial charge on any atom is 0.229 e. The SMILES string of the molecule is Nc1cccc(Nc2ncc(Br)c(NCCc3cnc[nH]3)n2)c1. The maximum absolute atomic E-state index is 5.77. The number of nitrogens with one attached hydrogen (secondary N) is 3. The third kappa shape index (κ3) is 4.19. The highest BCUT2D eigenvalue weighted by molar-refractivity contribution is 9.10. The molecule has 0 atom stereocenters. The van der Waals surface area contributed by atoms with Crippen molar-refractivity contribution in [2.24, 2.45) is 0 Å². The van der Waals surface area contributed by atoms with Crippen molar-refractivity contribution in [2.75, 3.05) is 22.9 Å². The third-order valence-electron chi connectivity index (χ3n) is 3.13. The van der Waals surface area contributed by atoms with Gasteiger partial charge in [0.15, 0.2) is 0 Å². The van der Waals surface area contributed by atoms with Crippen LogP contribution in [0.2, 0.25) is 0 Å². The Morgan fingerprint density at radius 1 is 1.26 bits per heavy atom. The minimum absolute atomic E-state index is 0.503. The highest BCUT2D eigenvalue weighted by Gasteiger charge is 2.06. The van der Waals surface area contributed by atoms with Crippen molar-refractivity contribution in [1.82, 2.24) is 19.9 Å². The van der Waals surface area contributed by atoms with Crippen molar-refractivity contribution in [2.45, 2.75) is 6.42 Å². The van der Waals surface area contributed by atoms with E-state index in [9.17, 15) is 0 Å². The number of nitrogens with two attached hydrogens (primary N) is 1. The predicted molar refractivity (Wildman–Crippen MR) is 94.7 cm³/mol. The number of H-pyrrole nitrogens is 1. The van der Waals surface area contributed by atoms with E-state index in [2.05, 4.69) is 46.5 Å². The van der Waals surface area contributed by atoms with Gasteiger partial charge in [0.1, 0.15) is 5.82 Å². The number of nitrogens with zero attached hydrogens (tertiary/aromatic N) is 3. The van der Waals surface area contributed by atoms with Gasteiger partial charge in [0.2, 0.25) is 5.95 Å². The molecule has 23 heavy (non-hydrogen) atoms. The highest BCUT2D eigenvalue weighted by Crippen LogP contribution is 2.22. The molecule has 0 bridgehead atoms. The van der Waals surface area contributed by atoms with Crippen LogP contribution in [-0.4, -0.2) is 26.5 Å². The molecule has 0 radical (unpaired) electrons. The van der Waals surface area contributed by atoms with E-state index in [4.69, 9.17) is 5.73 Å². The van der Waals surface area contributed by atoms with Crippen molar-refractivity contribution in [3.8, 4) is 0 Å². The first-order valence-corrected chi connectivity index (χ1v) is 7.86. The molecule has 118 valence electrons. The van der Waals surface area contributed by atoms with Gasteiger partial charge in [-0.05, 0) is 34.1 Å². The van der Waals surface area contributed by atoms with Crippen LogP contribution in [0.3, 0.4) is 0 Å². The molecule has 0 saturated heterocycles. The zero-order valence-electron chi connectivity index (χ0n) is 12.3. The number of anilines is 4. The molecule has 0 unspecified atom stereocenters. The number of benzene rings is 1. The fraction of sp³-hybridized carbons (Fsp3) is 0.133. The Balaban J connectivity index is 1.66. The van der Waals surface area contributed by atoms with E-state index in [1.165, 1.54) is 0 Å². The van der Waals surface area contributed by atoms with Gasteiger partial charge >= 0.3 is 0 Å². The summed E-state index contributed by atoms with van der Waals surface area (Å²) in [5.41, 5.74) is 8.37. The van der Waals surface area contributed by atoms with Gasteiger partial charge in [0.05, 0.1) is 10.8 Å². The monoisotopic (exact) mass is 373 g/mol. The standard InChI is InChI=1S/C15H16BrN7/c16-13-8-20-15(22-11-3-1-2-10(17)6-11)23-14(13)19-5-4-12-7-18-9-21-12/h1-3,6-9H,4-5,17H2,(H,18,21)(H2,19,20,22,23). The van der Waals surface area contributed by atoms with E-state index >= 15 is 0 Å². The summed E-state index contributed by atoms with van der Waals surface area (Å²) >= 11 is 3.45. The topological polar surface area (TPSA) is 105 Å². The summed E-state index contributed by atoms with van der Waals surface area (Å²) in [4.78, 5) is 15.8. The Labute approximate surface area is 141 Å². The maximum atomic E-state index is 5.77. The highest BCUT2D eigenvalue weighted by atomic mass is 79.9. The second-order valence-corrected chi connectivity index (χ2v) is 5.75. The van der Waals surface area contributed by atoms with Crippen molar-refractivity contribution in [3.05, 3.63) is 53.2 Å². The molecule has 5 N–H and O–H groups in total. The first kappa shape index (κ1) is 15.3. The molecule has 3 rings (SSSR count). The molecular weight excluding hydrogens is 358 g/mol. The van der Waals surface area contributed by atoms with Gasteiger partial charge in [-0.25, -0.2) is 9.97 Å². The Bertz CT molecular complexity index is 773. The quantitative estimate of drug-likeness (QED) is 0.495. The Morgan fingerprint density at radius 3 is 2.96 bits per heavy atom. The Kier molecular flexibility index (Phi) is 4.72. The number of hydrogen-bond acceptors (Lipinski definition) is 6. The molecule has 0 aliphatic rings. The number of aromatic nitrogens is 4. The minimum Gasteiger partial charge on any atom is -0.399 e. The molecule has 8 heteroatoms. The van der Waals surface area contributed by atoms with Crippen LogP contribution >= 0.6 is 15.9 Å². The van der Waals surface area contributed by atoms with Gasteiger partial charge in [-0.15, -0.1) is 0 Å². The lowest BCUT2D eigenvalue weighted by molar-refractivity contribution is 0.963. The molecule has 7 nitrogen and oxygen atoms in total.